The lowest BCUT2D eigenvalue weighted by Gasteiger charge is -2.42. The van der Waals surface area contributed by atoms with Gasteiger partial charge in [0.05, 0.1) is 6.54 Å². The van der Waals surface area contributed by atoms with Crippen LogP contribution in [0, 0.1) is 17.8 Å². The molecule has 2 N–H and O–H groups in total. The SMILES string of the molecule is CCN(CC(=O)O)C1CC(NC(=O)C(C2CC2)C2CC2)C1. The van der Waals surface area contributed by atoms with Gasteiger partial charge in [0.1, 0.15) is 0 Å². The molecule has 0 aliphatic heterocycles. The number of likely N-dealkylation sites (N-methyl/N-ethyl adjacent to an activating group) is 1. The Morgan fingerprint density at radius 2 is 1.76 bits per heavy atom. The first-order valence-electron chi connectivity index (χ1n) is 8.34. The summed E-state index contributed by atoms with van der Waals surface area (Å²) >= 11 is 0. The Kier molecular flexibility index (Phi) is 4.20. The number of carboxylic acids is 1. The van der Waals surface area contributed by atoms with E-state index < -0.39 is 5.97 Å². The van der Waals surface area contributed by atoms with E-state index in [0.29, 0.717) is 17.9 Å². The van der Waals surface area contributed by atoms with Gasteiger partial charge in [0.2, 0.25) is 5.91 Å². The molecule has 118 valence electrons. The predicted octanol–water partition coefficient (Wildman–Crippen LogP) is 1.48. The Morgan fingerprint density at radius 3 is 2.19 bits per heavy atom. The number of hydrogen-bond donors (Lipinski definition) is 2. The minimum Gasteiger partial charge on any atom is -0.480 e. The zero-order valence-corrected chi connectivity index (χ0v) is 12.8. The highest BCUT2D eigenvalue weighted by atomic mass is 16.4. The van der Waals surface area contributed by atoms with Crippen LogP contribution in [0.25, 0.3) is 0 Å². The summed E-state index contributed by atoms with van der Waals surface area (Å²) in [5, 5.41) is 12.1. The lowest BCUT2D eigenvalue weighted by molar-refractivity contribution is -0.140. The summed E-state index contributed by atoms with van der Waals surface area (Å²) < 4.78 is 0. The molecule has 0 heterocycles. The van der Waals surface area contributed by atoms with Crippen molar-refractivity contribution in [2.24, 2.45) is 17.8 Å². The van der Waals surface area contributed by atoms with Crippen molar-refractivity contribution >= 4 is 11.9 Å². The van der Waals surface area contributed by atoms with Crippen molar-refractivity contribution in [3.63, 3.8) is 0 Å². The molecule has 0 unspecified atom stereocenters. The number of nitrogens with one attached hydrogen (secondary N) is 1. The minimum atomic E-state index is -0.771. The van der Waals surface area contributed by atoms with E-state index in [9.17, 15) is 9.59 Å². The molecule has 0 spiro atoms. The first-order chi connectivity index (χ1) is 10.1. The zero-order valence-electron chi connectivity index (χ0n) is 12.8. The average Bonchev–Trinajstić information content (AvgIpc) is 3.24. The van der Waals surface area contributed by atoms with Gasteiger partial charge in [-0.3, -0.25) is 14.5 Å². The highest BCUT2D eigenvalue weighted by molar-refractivity contribution is 5.80. The quantitative estimate of drug-likeness (QED) is 0.711. The van der Waals surface area contributed by atoms with Crippen molar-refractivity contribution in [3.8, 4) is 0 Å². The lowest BCUT2D eigenvalue weighted by Crippen LogP contribution is -2.55. The number of rotatable bonds is 8. The molecule has 0 aromatic carbocycles. The monoisotopic (exact) mass is 294 g/mol. The Balaban J connectivity index is 1.43. The molecule has 3 fully saturated rings. The average molecular weight is 294 g/mol. The summed E-state index contributed by atoms with van der Waals surface area (Å²) in [6.07, 6.45) is 6.70. The molecule has 5 heteroatoms. The van der Waals surface area contributed by atoms with Gasteiger partial charge in [0.15, 0.2) is 0 Å². The normalized spacial score (nSPS) is 28.5. The summed E-state index contributed by atoms with van der Waals surface area (Å²) in [5.41, 5.74) is 0. The van der Waals surface area contributed by atoms with Crippen LogP contribution in [-0.2, 0) is 9.59 Å². The van der Waals surface area contributed by atoms with Gasteiger partial charge >= 0.3 is 5.97 Å². The molecule has 0 saturated heterocycles. The van der Waals surface area contributed by atoms with Crippen molar-refractivity contribution in [2.75, 3.05) is 13.1 Å². The van der Waals surface area contributed by atoms with Crippen LogP contribution in [0.1, 0.15) is 45.4 Å². The molecule has 5 nitrogen and oxygen atoms in total. The van der Waals surface area contributed by atoms with E-state index in [-0.39, 0.29) is 24.4 Å². The van der Waals surface area contributed by atoms with Gasteiger partial charge in [-0.15, -0.1) is 0 Å². The van der Waals surface area contributed by atoms with Crippen LogP contribution < -0.4 is 5.32 Å². The summed E-state index contributed by atoms with van der Waals surface area (Å²) in [6, 6.07) is 0.571. The molecule has 0 aromatic rings. The van der Waals surface area contributed by atoms with Crippen molar-refractivity contribution in [3.05, 3.63) is 0 Å². The van der Waals surface area contributed by atoms with Crippen LogP contribution in [0.4, 0.5) is 0 Å². The van der Waals surface area contributed by atoms with Gasteiger partial charge in [-0.05, 0) is 56.9 Å². The van der Waals surface area contributed by atoms with Gasteiger partial charge < -0.3 is 10.4 Å². The Bertz CT molecular complexity index is 400. The van der Waals surface area contributed by atoms with E-state index in [1.807, 2.05) is 11.8 Å². The van der Waals surface area contributed by atoms with Crippen LogP contribution in [0.5, 0.6) is 0 Å². The number of amides is 1. The molecule has 3 rings (SSSR count). The van der Waals surface area contributed by atoms with Crippen LogP contribution >= 0.6 is 0 Å². The van der Waals surface area contributed by atoms with E-state index in [1.54, 1.807) is 0 Å². The summed E-state index contributed by atoms with van der Waals surface area (Å²) in [5.74, 6) is 1.06. The fourth-order valence-electron chi connectivity index (χ4n) is 3.70. The highest BCUT2D eigenvalue weighted by Gasteiger charge is 2.46. The Morgan fingerprint density at radius 1 is 1.19 bits per heavy atom. The van der Waals surface area contributed by atoms with E-state index >= 15 is 0 Å². The van der Waals surface area contributed by atoms with Gasteiger partial charge in [0.25, 0.3) is 0 Å². The predicted molar refractivity (Wildman–Crippen MR) is 78.8 cm³/mol. The van der Waals surface area contributed by atoms with Gasteiger partial charge in [-0.1, -0.05) is 6.92 Å². The number of carbonyl (C=O) groups is 2. The van der Waals surface area contributed by atoms with Crippen molar-refractivity contribution in [2.45, 2.75) is 57.5 Å². The molecule has 0 radical (unpaired) electrons. The number of hydrogen-bond acceptors (Lipinski definition) is 3. The Labute approximate surface area is 126 Å². The molecule has 0 aromatic heterocycles. The second-order valence-electron chi connectivity index (χ2n) is 6.99. The molecule has 0 bridgehead atoms. The summed E-state index contributed by atoms with van der Waals surface area (Å²) in [7, 11) is 0. The van der Waals surface area contributed by atoms with E-state index in [4.69, 9.17) is 5.11 Å². The largest absolute Gasteiger partial charge is 0.480 e. The molecule has 3 saturated carbocycles. The van der Waals surface area contributed by atoms with Crippen LogP contribution in [0.2, 0.25) is 0 Å². The third-order valence-corrected chi connectivity index (χ3v) is 5.28. The van der Waals surface area contributed by atoms with Gasteiger partial charge in [0, 0.05) is 18.0 Å². The Hall–Kier alpha value is -1.10. The third kappa shape index (κ3) is 3.57. The number of aliphatic carboxylic acids is 1. The van der Waals surface area contributed by atoms with Crippen molar-refractivity contribution < 1.29 is 14.7 Å². The molecule has 21 heavy (non-hydrogen) atoms. The molecule has 1 amide bonds. The number of nitrogens with zero attached hydrogens (tertiary/aromatic N) is 1. The van der Waals surface area contributed by atoms with Gasteiger partial charge in [-0.2, -0.15) is 0 Å². The fourth-order valence-corrected chi connectivity index (χ4v) is 3.70. The number of carbonyl (C=O) groups excluding carboxylic acids is 1. The highest BCUT2D eigenvalue weighted by Crippen LogP contribution is 2.49. The zero-order chi connectivity index (χ0) is 15.0. The summed E-state index contributed by atoms with van der Waals surface area (Å²) in [6.45, 7) is 2.85. The first-order valence-corrected chi connectivity index (χ1v) is 8.34. The van der Waals surface area contributed by atoms with Crippen LogP contribution in [-0.4, -0.2) is 47.1 Å². The first kappa shape index (κ1) is 14.8. The van der Waals surface area contributed by atoms with Gasteiger partial charge in [-0.25, -0.2) is 0 Å². The van der Waals surface area contributed by atoms with Crippen molar-refractivity contribution in [1.29, 1.82) is 0 Å². The number of carboxylic acid groups (broad SMARTS) is 1. The van der Waals surface area contributed by atoms with E-state index in [2.05, 4.69) is 5.32 Å². The molecule has 0 atom stereocenters. The smallest absolute Gasteiger partial charge is 0.317 e. The third-order valence-electron chi connectivity index (χ3n) is 5.28. The minimum absolute atomic E-state index is 0.106. The van der Waals surface area contributed by atoms with Crippen molar-refractivity contribution in [1.82, 2.24) is 10.2 Å². The summed E-state index contributed by atoms with van der Waals surface area (Å²) in [4.78, 5) is 25.2. The van der Waals surface area contributed by atoms with Crippen LogP contribution in [0.15, 0.2) is 0 Å². The molecular weight excluding hydrogens is 268 g/mol. The maximum Gasteiger partial charge on any atom is 0.317 e. The fraction of sp³-hybridized carbons (Fsp3) is 0.875. The lowest BCUT2D eigenvalue weighted by atomic mass is 9.84. The topological polar surface area (TPSA) is 69.6 Å². The molecular formula is C16H26N2O3. The van der Waals surface area contributed by atoms with E-state index in [1.165, 1.54) is 25.7 Å². The standard InChI is InChI=1S/C16H26N2O3/c1-2-18(9-14(19)20)13-7-12(8-13)17-16(21)15(10-3-4-10)11-5-6-11/h10-13,15H,2-9H2,1H3,(H,17,21)(H,19,20). The maximum atomic E-state index is 12.4. The van der Waals surface area contributed by atoms with Crippen LogP contribution in [0.3, 0.4) is 0 Å². The maximum absolute atomic E-state index is 12.4. The molecule has 3 aliphatic carbocycles. The van der Waals surface area contributed by atoms with E-state index in [0.717, 1.165) is 19.4 Å². The second-order valence-corrected chi connectivity index (χ2v) is 6.99. The second kappa shape index (κ2) is 5.95. The molecule has 3 aliphatic rings.